The number of esters is 1. The zero-order valence-electron chi connectivity index (χ0n) is 23.5. The Balaban J connectivity index is 1.47. The Bertz CT molecular complexity index is 1300. The van der Waals surface area contributed by atoms with E-state index in [2.05, 4.69) is 69.4 Å². The molecule has 0 radical (unpaired) electrons. The van der Waals surface area contributed by atoms with Gasteiger partial charge in [-0.2, -0.15) is 0 Å². The van der Waals surface area contributed by atoms with Gasteiger partial charge in [-0.3, -0.25) is 0 Å². The van der Waals surface area contributed by atoms with Crippen LogP contribution in [0.15, 0.2) is 60.7 Å². The van der Waals surface area contributed by atoms with E-state index in [4.69, 9.17) is 9.47 Å². The molecule has 1 fully saturated rings. The van der Waals surface area contributed by atoms with Crippen LogP contribution in [0.1, 0.15) is 81.8 Å². The Hall–Kier alpha value is -3.11. The molecule has 0 aliphatic heterocycles. The largest absolute Gasteiger partial charge is 0.492 e. The molecule has 2 aliphatic carbocycles. The van der Waals surface area contributed by atoms with E-state index in [1.165, 1.54) is 30.4 Å². The summed E-state index contributed by atoms with van der Waals surface area (Å²) < 4.78 is 11.4. The Labute approximate surface area is 227 Å². The Morgan fingerprint density at radius 2 is 1.50 bits per heavy atom. The molecule has 0 aromatic heterocycles. The van der Waals surface area contributed by atoms with Crippen molar-refractivity contribution in [3.63, 3.8) is 0 Å². The van der Waals surface area contributed by atoms with Crippen molar-refractivity contribution in [2.45, 2.75) is 77.2 Å². The van der Waals surface area contributed by atoms with Gasteiger partial charge in [-0.05, 0) is 101 Å². The fourth-order valence-electron chi connectivity index (χ4n) is 5.57. The first-order valence-corrected chi connectivity index (χ1v) is 14.1. The third-order valence-electron chi connectivity index (χ3n) is 8.25. The van der Waals surface area contributed by atoms with Gasteiger partial charge in [-0.1, -0.05) is 64.1 Å². The molecule has 5 rings (SSSR count). The molecule has 0 bridgehead atoms. The van der Waals surface area contributed by atoms with Gasteiger partial charge in [0.2, 0.25) is 0 Å². The summed E-state index contributed by atoms with van der Waals surface area (Å²) in [5, 5.41) is 3.47. The number of rotatable bonds is 9. The van der Waals surface area contributed by atoms with Crippen molar-refractivity contribution in [3.05, 3.63) is 77.4 Å². The molecule has 3 aromatic carbocycles. The van der Waals surface area contributed by atoms with E-state index in [0.29, 0.717) is 24.8 Å². The summed E-state index contributed by atoms with van der Waals surface area (Å²) >= 11 is 0. The second kappa shape index (κ2) is 10.6. The van der Waals surface area contributed by atoms with Crippen molar-refractivity contribution in [1.29, 1.82) is 0 Å². The number of fused-ring (bicyclic) bond motifs is 1. The minimum absolute atomic E-state index is 0.0899. The van der Waals surface area contributed by atoms with Crippen molar-refractivity contribution in [3.8, 4) is 28.0 Å². The average Bonchev–Trinajstić information content (AvgIpc) is 3.74. The van der Waals surface area contributed by atoms with Crippen LogP contribution in [-0.2, 0) is 15.6 Å². The molecule has 0 atom stereocenters. The van der Waals surface area contributed by atoms with Crippen LogP contribution in [0, 0.1) is 0 Å². The van der Waals surface area contributed by atoms with Crippen molar-refractivity contribution in [2.24, 2.45) is 0 Å². The summed E-state index contributed by atoms with van der Waals surface area (Å²) in [6, 6.07) is 21.7. The molecule has 1 N–H and O–H groups in total. The van der Waals surface area contributed by atoms with Gasteiger partial charge in [0.25, 0.3) is 0 Å². The van der Waals surface area contributed by atoms with Crippen molar-refractivity contribution < 1.29 is 14.3 Å². The van der Waals surface area contributed by atoms with Crippen LogP contribution in [0.3, 0.4) is 0 Å². The zero-order valence-corrected chi connectivity index (χ0v) is 23.5. The molecule has 1 saturated carbocycles. The maximum Gasteiger partial charge on any atom is 0.338 e. The summed E-state index contributed by atoms with van der Waals surface area (Å²) in [4.78, 5) is 13.0. The maximum absolute atomic E-state index is 13.0. The number of benzene rings is 3. The van der Waals surface area contributed by atoms with E-state index in [0.717, 1.165) is 41.0 Å². The smallest absolute Gasteiger partial charge is 0.338 e. The quantitative estimate of drug-likeness (QED) is 0.236. The number of carbonyl (C=O) groups excluding carboxylic acids is 1. The molecule has 0 saturated heterocycles. The van der Waals surface area contributed by atoms with Gasteiger partial charge in [-0.25, -0.2) is 4.79 Å². The summed E-state index contributed by atoms with van der Waals surface area (Å²) in [5.74, 6) is 0.587. The molecule has 0 heterocycles. The van der Waals surface area contributed by atoms with Crippen molar-refractivity contribution >= 4 is 5.97 Å². The highest BCUT2D eigenvalue weighted by molar-refractivity contribution is 5.98. The van der Waals surface area contributed by atoms with E-state index in [1.54, 1.807) is 0 Å². The number of ether oxygens (including phenoxy) is 2. The highest BCUT2D eigenvalue weighted by atomic mass is 16.5. The second-order valence-electron chi connectivity index (χ2n) is 12.1. The van der Waals surface area contributed by atoms with Gasteiger partial charge in [0.05, 0.1) is 12.2 Å². The monoisotopic (exact) mass is 511 g/mol. The number of nitrogens with one attached hydrogen (secondary N) is 1. The molecule has 0 unspecified atom stereocenters. The summed E-state index contributed by atoms with van der Waals surface area (Å²) in [7, 11) is 0. The first-order valence-electron chi connectivity index (χ1n) is 14.1. The van der Waals surface area contributed by atoms with E-state index in [9.17, 15) is 4.79 Å². The number of hydrogen-bond acceptors (Lipinski definition) is 4. The van der Waals surface area contributed by atoms with E-state index in [-0.39, 0.29) is 16.8 Å². The highest BCUT2D eigenvalue weighted by Gasteiger charge is 2.37. The van der Waals surface area contributed by atoms with E-state index < -0.39 is 0 Å². The topological polar surface area (TPSA) is 47.6 Å². The minimum atomic E-state index is -0.282. The predicted molar refractivity (Wildman–Crippen MR) is 155 cm³/mol. The van der Waals surface area contributed by atoms with Gasteiger partial charge >= 0.3 is 5.97 Å². The fraction of sp³-hybridized carbons (Fsp3) is 0.441. The lowest BCUT2D eigenvalue weighted by Crippen LogP contribution is -2.33. The zero-order chi connectivity index (χ0) is 26.9. The lowest BCUT2D eigenvalue weighted by molar-refractivity contribution is 0.0527. The Morgan fingerprint density at radius 3 is 2.18 bits per heavy atom. The van der Waals surface area contributed by atoms with Crippen LogP contribution < -0.4 is 10.1 Å². The Morgan fingerprint density at radius 1 is 0.842 bits per heavy atom. The van der Waals surface area contributed by atoms with Gasteiger partial charge in [0.1, 0.15) is 12.4 Å². The van der Waals surface area contributed by atoms with Crippen LogP contribution in [0.4, 0.5) is 0 Å². The normalized spacial score (nSPS) is 17.5. The fourth-order valence-corrected chi connectivity index (χ4v) is 5.57. The van der Waals surface area contributed by atoms with Gasteiger partial charge < -0.3 is 14.8 Å². The molecule has 0 spiro atoms. The highest BCUT2D eigenvalue weighted by Crippen LogP contribution is 2.47. The van der Waals surface area contributed by atoms with Gasteiger partial charge in [0.15, 0.2) is 0 Å². The predicted octanol–water partition coefficient (Wildman–Crippen LogP) is 7.68. The Kier molecular flexibility index (Phi) is 7.37. The molecule has 38 heavy (non-hydrogen) atoms. The van der Waals surface area contributed by atoms with Crippen molar-refractivity contribution in [2.75, 3.05) is 19.8 Å². The van der Waals surface area contributed by atoms with Crippen LogP contribution >= 0.6 is 0 Å². The number of carbonyl (C=O) groups is 1. The van der Waals surface area contributed by atoms with Crippen LogP contribution in [0.5, 0.6) is 5.75 Å². The molecule has 3 aromatic rings. The summed E-state index contributed by atoms with van der Waals surface area (Å²) in [6.07, 6.45) is 4.89. The standard InChI is InChI=1S/C34H41NO3/c1-6-37-32(36)28-15-9-24(23-7-13-27(14-8-23)38-20-19-35-26-11-12-26)21-29(28)25-10-16-30-31(22-25)34(4,5)18-17-33(30,2)3/h7-10,13-16,21-22,26,35H,6,11-12,17-20H2,1-5H3. The molecule has 4 nitrogen and oxygen atoms in total. The van der Waals surface area contributed by atoms with E-state index >= 15 is 0 Å². The third kappa shape index (κ3) is 5.66. The summed E-state index contributed by atoms with van der Waals surface area (Å²) in [6.45, 7) is 13.1. The minimum Gasteiger partial charge on any atom is -0.492 e. The molecular weight excluding hydrogens is 470 g/mol. The second-order valence-corrected chi connectivity index (χ2v) is 12.1. The van der Waals surface area contributed by atoms with Crippen LogP contribution in [0.2, 0.25) is 0 Å². The number of hydrogen-bond donors (Lipinski definition) is 1. The van der Waals surface area contributed by atoms with Gasteiger partial charge in [-0.15, -0.1) is 0 Å². The summed E-state index contributed by atoms with van der Waals surface area (Å²) in [5.41, 5.74) is 7.75. The molecule has 2 aliphatic rings. The van der Waals surface area contributed by atoms with Crippen molar-refractivity contribution in [1.82, 2.24) is 5.32 Å². The van der Waals surface area contributed by atoms with Crippen LogP contribution in [0.25, 0.3) is 22.3 Å². The first-order chi connectivity index (χ1) is 18.2. The van der Waals surface area contributed by atoms with Crippen LogP contribution in [-0.4, -0.2) is 31.8 Å². The molecule has 200 valence electrons. The maximum atomic E-state index is 13.0. The SMILES string of the molecule is CCOC(=O)c1ccc(-c2ccc(OCCNC3CC3)cc2)cc1-c1ccc2c(c1)C(C)(C)CCC2(C)C. The van der Waals surface area contributed by atoms with E-state index in [1.807, 2.05) is 31.2 Å². The average molecular weight is 512 g/mol. The lowest BCUT2D eigenvalue weighted by atomic mass is 9.63. The molecular formula is C34H41NO3. The molecule has 4 heteroatoms. The first kappa shape index (κ1) is 26.5. The lowest BCUT2D eigenvalue weighted by Gasteiger charge is -2.42. The molecule has 0 amide bonds. The third-order valence-corrected chi connectivity index (χ3v) is 8.25. The van der Waals surface area contributed by atoms with Gasteiger partial charge in [0, 0.05) is 12.6 Å².